The van der Waals surface area contributed by atoms with Gasteiger partial charge in [0, 0.05) is 13.6 Å². The minimum absolute atomic E-state index is 0.206. The Bertz CT molecular complexity index is 472. The first-order valence-corrected chi connectivity index (χ1v) is 6.95. The quantitative estimate of drug-likeness (QED) is 0.501. The van der Waals surface area contributed by atoms with E-state index < -0.39 is 0 Å². The van der Waals surface area contributed by atoms with E-state index in [9.17, 15) is 0 Å². The molecule has 0 saturated heterocycles. The van der Waals surface area contributed by atoms with Gasteiger partial charge in [0.2, 0.25) is 0 Å². The van der Waals surface area contributed by atoms with E-state index in [-0.39, 0.29) is 5.41 Å². The minimum atomic E-state index is 0.206. The predicted molar refractivity (Wildman–Crippen MR) is 87.0 cm³/mol. The smallest absolute Gasteiger partial charge is 0.191 e. The van der Waals surface area contributed by atoms with Crippen molar-refractivity contribution < 1.29 is 0 Å². The molecule has 0 aliphatic heterocycles. The predicted octanol–water partition coefficient (Wildman–Crippen LogP) is 2.32. The molecule has 0 radical (unpaired) electrons. The van der Waals surface area contributed by atoms with Crippen LogP contribution < -0.4 is 10.6 Å². The van der Waals surface area contributed by atoms with Gasteiger partial charge in [-0.2, -0.15) is 0 Å². The number of hydrogen-bond acceptors (Lipinski definition) is 1. The molecular weight excluding hydrogens is 246 g/mol. The summed E-state index contributed by atoms with van der Waals surface area (Å²) in [4.78, 5) is 4.10. The molecule has 0 fully saturated rings. The SMILES string of the molecule is C#CCNC(=NC)NCCc1ccc(C(C)(C)C)cc1. The van der Waals surface area contributed by atoms with Crippen LogP contribution in [0.4, 0.5) is 0 Å². The van der Waals surface area contributed by atoms with E-state index in [0.29, 0.717) is 6.54 Å². The fourth-order valence-corrected chi connectivity index (χ4v) is 1.85. The first kappa shape index (κ1) is 16.1. The average molecular weight is 271 g/mol. The lowest BCUT2D eigenvalue weighted by atomic mass is 9.86. The third-order valence-electron chi connectivity index (χ3n) is 3.11. The maximum Gasteiger partial charge on any atom is 0.191 e. The van der Waals surface area contributed by atoms with Crippen LogP contribution in [-0.2, 0) is 11.8 Å². The molecule has 0 unspecified atom stereocenters. The van der Waals surface area contributed by atoms with Crippen molar-refractivity contribution in [2.24, 2.45) is 4.99 Å². The van der Waals surface area contributed by atoms with Crippen molar-refractivity contribution in [1.82, 2.24) is 10.6 Å². The Morgan fingerprint density at radius 2 is 1.85 bits per heavy atom. The first-order valence-electron chi connectivity index (χ1n) is 6.95. The number of hydrogen-bond donors (Lipinski definition) is 2. The van der Waals surface area contributed by atoms with Crippen LogP contribution in [0.3, 0.4) is 0 Å². The molecule has 0 spiro atoms. The maximum absolute atomic E-state index is 5.21. The number of aliphatic imine (C=N–C) groups is 1. The van der Waals surface area contributed by atoms with E-state index in [1.807, 2.05) is 0 Å². The Morgan fingerprint density at radius 1 is 1.20 bits per heavy atom. The molecule has 0 saturated carbocycles. The fraction of sp³-hybridized carbons (Fsp3) is 0.471. The van der Waals surface area contributed by atoms with Crippen LogP contribution in [0.2, 0.25) is 0 Å². The molecule has 1 aromatic carbocycles. The van der Waals surface area contributed by atoms with E-state index in [1.165, 1.54) is 11.1 Å². The van der Waals surface area contributed by atoms with Crippen molar-refractivity contribution in [1.29, 1.82) is 0 Å². The summed E-state index contributed by atoms with van der Waals surface area (Å²) in [6.45, 7) is 8.00. The van der Waals surface area contributed by atoms with Gasteiger partial charge in [-0.15, -0.1) is 6.42 Å². The molecule has 0 amide bonds. The molecular formula is C17H25N3. The largest absolute Gasteiger partial charge is 0.356 e. The standard InChI is InChI=1S/C17H25N3/c1-6-12-19-16(18-5)20-13-11-14-7-9-15(10-8-14)17(2,3)4/h1,7-10H,11-13H2,2-5H3,(H2,18,19,20). The van der Waals surface area contributed by atoms with E-state index in [1.54, 1.807) is 7.05 Å². The second-order valence-corrected chi connectivity index (χ2v) is 5.75. The summed E-state index contributed by atoms with van der Waals surface area (Å²) in [5.41, 5.74) is 2.89. The first-order chi connectivity index (χ1) is 9.47. The van der Waals surface area contributed by atoms with E-state index >= 15 is 0 Å². The second-order valence-electron chi connectivity index (χ2n) is 5.75. The highest BCUT2D eigenvalue weighted by molar-refractivity contribution is 5.79. The normalized spacial score (nSPS) is 11.8. The number of benzene rings is 1. The van der Waals surface area contributed by atoms with Gasteiger partial charge < -0.3 is 10.6 Å². The highest BCUT2D eigenvalue weighted by atomic mass is 15.2. The van der Waals surface area contributed by atoms with Crippen molar-refractivity contribution in [3.8, 4) is 12.3 Å². The lowest BCUT2D eigenvalue weighted by Crippen LogP contribution is -2.38. The molecule has 0 aromatic heterocycles. The molecule has 3 nitrogen and oxygen atoms in total. The number of rotatable bonds is 4. The van der Waals surface area contributed by atoms with Crippen molar-refractivity contribution in [3.05, 3.63) is 35.4 Å². The molecule has 0 bridgehead atoms. The Balaban J connectivity index is 2.45. The van der Waals surface area contributed by atoms with Gasteiger partial charge in [-0.1, -0.05) is 51.0 Å². The third-order valence-corrected chi connectivity index (χ3v) is 3.11. The number of terminal acetylenes is 1. The molecule has 3 heteroatoms. The lowest BCUT2D eigenvalue weighted by Gasteiger charge is -2.19. The lowest BCUT2D eigenvalue weighted by molar-refractivity contribution is 0.590. The van der Waals surface area contributed by atoms with Crippen LogP contribution in [0.1, 0.15) is 31.9 Å². The van der Waals surface area contributed by atoms with Crippen LogP contribution >= 0.6 is 0 Å². The summed E-state index contributed by atoms with van der Waals surface area (Å²) in [6, 6.07) is 8.81. The number of nitrogens with one attached hydrogen (secondary N) is 2. The van der Waals surface area contributed by atoms with Crippen LogP contribution in [0.15, 0.2) is 29.3 Å². The number of nitrogens with zero attached hydrogens (tertiary/aromatic N) is 1. The zero-order chi connectivity index (χ0) is 15.0. The Labute approximate surface area is 122 Å². The van der Waals surface area contributed by atoms with Crippen molar-refractivity contribution in [3.63, 3.8) is 0 Å². The Morgan fingerprint density at radius 3 is 2.35 bits per heavy atom. The van der Waals surface area contributed by atoms with Gasteiger partial charge in [-0.05, 0) is 23.0 Å². The Hall–Kier alpha value is -1.95. The summed E-state index contributed by atoms with van der Waals surface area (Å²) in [6.07, 6.45) is 6.16. The molecule has 0 aliphatic carbocycles. The van der Waals surface area contributed by atoms with Crippen LogP contribution in [-0.4, -0.2) is 26.1 Å². The third kappa shape index (κ3) is 5.36. The zero-order valence-electron chi connectivity index (χ0n) is 13.0. The van der Waals surface area contributed by atoms with Gasteiger partial charge in [-0.3, -0.25) is 4.99 Å². The second kappa shape index (κ2) is 7.59. The summed E-state index contributed by atoms with van der Waals surface area (Å²) in [7, 11) is 1.74. The van der Waals surface area contributed by atoms with Crippen molar-refractivity contribution >= 4 is 5.96 Å². The molecule has 108 valence electrons. The molecule has 0 atom stereocenters. The highest BCUT2D eigenvalue weighted by Crippen LogP contribution is 2.22. The maximum atomic E-state index is 5.21. The highest BCUT2D eigenvalue weighted by Gasteiger charge is 2.12. The number of guanidine groups is 1. The minimum Gasteiger partial charge on any atom is -0.356 e. The summed E-state index contributed by atoms with van der Waals surface area (Å²) >= 11 is 0. The van der Waals surface area contributed by atoms with E-state index in [2.05, 4.69) is 66.6 Å². The van der Waals surface area contributed by atoms with E-state index in [0.717, 1.165) is 18.9 Å². The van der Waals surface area contributed by atoms with Crippen molar-refractivity contribution in [2.45, 2.75) is 32.6 Å². The summed E-state index contributed by atoms with van der Waals surface area (Å²) in [5, 5.41) is 6.28. The van der Waals surface area contributed by atoms with Crippen molar-refractivity contribution in [2.75, 3.05) is 20.1 Å². The van der Waals surface area contributed by atoms with Gasteiger partial charge in [0.25, 0.3) is 0 Å². The van der Waals surface area contributed by atoms with Gasteiger partial charge in [-0.25, -0.2) is 0 Å². The van der Waals surface area contributed by atoms with Crippen LogP contribution in [0, 0.1) is 12.3 Å². The summed E-state index contributed by atoms with van der Waals surface area (Å²) < 4.78 is 0. The van der Waals surface area contributed by atoms with Gasteiger partial charge in [0.1, 0.15) is 0 Å². The average Bonchev–Trinajstić information content (AvgIpc) is 2.42. The molecule has 20 heavy (non-hydrogen) atoms. The van der Waals surface area contributed by atoms with Gasteiger partial charge in [0.05, 0.1) is 6.54 Å². The molecule has 2 N–H and O–H groups in total. The molecule has 1 rings (SSSR count). The topological polar surface area (TPSA) is 36.4 Å². The van der Waals surface area contributed by atoms with Crippen LogP contribution in [0.5, 0.6) is 0 Å². The zero-order valence-corrected chi connectivity index (χ0v) is 13.0. The fourth-order valence-electron chi connectivity index (χ4n) is 1.85. The van der Waals surface area contributed by atoms with E-state index in [4.69, 9.17) is 6.42 Å². The summed E-state index contributed by atoms with van der Waals surface area (Å²) in [5.74, 6) is 3.27. The van der Waals surface area contributed by atoms with Gasteiger partial charge >= 0.3 is 0 Å². The molecule has 0 heterocycles. The molecule has 0 aliphatic rings. The Kier molecular flexibility index (Phi) is 6.11. The van der Waals surface area contributed by atoms with Gasteiger partial charge in [0.15, 0.2) is 5.96 Å². The van der Waals surface area contributed by atoms with Crippen LogP contribution in [0.25, 0.3) is 0 Å². The molecule has 1 aromatic rings. The monoisotopic (exact) mass is 271 g/mol.